The van der Waals surface area contributed by atoms with Gasteiger partial charge in [-0.1, -0.05) is 67.1 Å². The highest BCUT2D eigenvalue weighted by molar-refractivity contribution is 5.92. The van der Waals surface area contributed by atoms with Crippen molar-refractivity contribution in [1.82, 2.24) is 10.6 Å². The van der Waals surface area contributed by atoms with Crippen molar-refractivity contribution in [3.8, 4) is 0 Å². The Morgan fingerprint density at radius 1 is 0.825 bits per heavy atom. The number of rotatable bonds is 11. The van der Waals surface area contributed by atoms with Crippen molar-refractivity contribution < 1.29 is 33.4 Å². The molecule has 3 rings (SSSR count). The zero-order valence-electron chi connectivity index (χ0n) is 23.5. The number of hydrogen-bond acceptors (Lipinski definition) is 7. The van der Waals surface area contributed by atoms with Crippen LogP contribution in [-0.4, -0.2) is 47.7 Å². The third-order valence-corrected chi connectivity index (χ3v) is 6.34. The number of amides is 2. The van der Waals surface area contributed by atoms with Crippen molar-refractivity contribution in [2.45, 2.75) is 96.1 Å². The van der Waals surface area contributed by atoms with Crippen LogP contribution in [0.1, 0.15) is 70.4 Å². The summed E-state index contributed by atoms with van der Waals surface area (Å²) in [6.07, 6.45) is 3.29. The monoisotopic (exact) mass is 552 g/mol. The first kappa shape index (κ1) is 30.7. The van der Waals surface area contributed by atoms with E-state index >= 15 is 0 Å². The summed E-state index contributed by atoms with van der Waals surface area (Å²) in [5.41, 5.74) is 0.790. The Bertz CT molecular complexity index is 1110. The van der Waals surface area contributed by atoms with Gasteiger partial charge in [-0.25, -0.2) is 9.59 Å². The molecule has 2 N–H and O–H groups in total. The molecule has 0 radical (unpaired) electrons. The molecule has 0 aromatic heterocycles. The van der Waals surface area contributed by atoms with Crippen LogP contribution < -0.4 is 10.6 Å². The largest absolute Gasteiger partial charge is 0.462 e. The highest BCUT2D eigenvalue weighted by Crippen LogP contribution is 2.21. The lowest BCUT2D eigenvalue weighted by Crippen LogP contribution is -2.54. The topological polar surface area (TPSA) is 120 Å². The molecule has 216 valence electrons. The second kappa shape index (κ2) is 15.1. The van der Waals surface area contributed by atoms with Crippen LogP contribution in [0.25, 0.3) is 0 Å². The van der Waals surface area contributed by atoms with E-state index in [0.29, 0.717) is 0 Å². The minimum absolute atomic E-state index is 0.0358. The summed E-state index contributed by atoms with van der Waals surface area (Å²) in [6.45, 7) is 5.11. The summed E-state index contributed by atoms with van der Waals surface area (Å²) in [7, 11) is 0. The van der Waals surface area contributed by atoms with Crippen molar-refractivity contribution in [3.63, 3.8) is 0 Å². The van der Waals surface area contributed by atoms with Gasteiger partial charge in [-0.15, -0.1) is 0 Å². The first-order valence-electron chi connectivity index (χ1n) is 13.8. The maximum absolute atomic E-state index is 13.5. The summed E-state index contributed by atoms with van der Waals surface area (Å²) >= 11 is 0. The number of benzene rings is 2. The quantitative estimate of drug-likeness (QED) is 0.308. The summed E-state index contributed by atoms with van der Waals surface area (Å²) in [4.78, 5) is 51.9. The second-order valence-corrected chi connectivity index (χ2v) is 11.0. The molecule has 0 spiro atoms. The predicted molar refractivity (Wildman–Crippen MR) is 149 cm³/mol. The molecular weight excluding hydrogens is 512 g/mol. The second-order valence-electron chi connectivity index (χ2n) is 11.0. The van der Waals surface area contributed by atoms with Crippen LogP contribution in [0.15, 0.2) is 60.7 Å². The first-order valence-corrected chi connectivity index (χ1v) is 13.8. The van der Waals surface area contributed by atoms with Crippen molar-refractivity contribution in [2.24, 2.45) is 0 Å². The molecule has 2 amide bonds. The van der Waals surface area contributed by atoms with Gasteiger partial charge in [0, 0.05) is 6.42 Å². The number of ether oxygens (including phenoxy) is 3. The van der Waals surface area contributed by atoms with Crippen LogP contribution in [0, 0.1) is 0 Å². The van der Waals surface area contributed by atoms with Crippen LogP contribution in [0.4, 0.5) is 4.79 Å². The van der Waals surface area contributed by atoms with E-state index in [1.54, 1.807) is 20.8 Å². The molecule has 0 bridgehead atoms. The van der Waals surface area contributed by atoms with Gasteiger partial charge < -0.3 is 24.8 Å². The molecule has 2 aromatic rings. The van der Waals surface area contributed by atoms with Crippen LogP contribution in [-0.2, 0) is 41.6 Å². The number of carbonyl (C=O) groups excluding carboxylic acids is 4. The predicted octanol–water partition coefficient (Wildman–Crippen LogP) is 4.62. The Labute approximate surface area is 236 Å². The van der Waals surface area contributed by atoms with Crippen molar-refractivity contribution in [3.05, 3.63) is 71.8 Å². The van der Waals surface area contributed by atoms with E-state index in [2.05, 4.69) is 10.6 Å². The van der Waals surface area contributed by atoms with Crippen LogP contribution in [0.5, 0.6) is 0 Å². The molecule has 0 saturated heterocycles. The molecule has 1 aliphatic carbocycles. The summed E-state index contributed by atoms with van der Waals surface area (Å²) in [5, 5.41) is 5.17. The Morgan fingerprint density at radius 2 is 1.43 bits per heavy atom. The Morgan fingerprint density at radius 3 is 2.02 bits per heavy atom. The molecule has 9 heteroatoms. The van der Waals surface area contributed by atoms with E-state index in [1.165, 1.54) is 0 Å². The van der Waals surface area contributed by atoms with Crippen LogP contribution in [0.3, 0.4) is 0 Å². The normalized spacial score (nSPS) is 15.3. The van der Waals surface area contributed by atoms with E-state index in [0.717, 1.165) is 43.2 Å². The number of hydrogen-bond donors (Lipinski definition) is 2. The average Bonchev–Trinajstić information content (AvgIpc) is 2.91. The van der Waals surface area contributed by atoms with Crippen molar-refractivity contribution >= 4 is 23.9 Å². The number of nitrogens with one attached hydrogen (secondary N) is 2. The average molecular weight is 553 g/mol. The maximum atomic E-state index is 13.5. The summed E-state index contributed by atoms with van der Waals surface area (Å²) in [5.74, 6) is -1.96. The molecule has 1 fully saturated rings. The van der Waals surface area contributed by atoms with Gasteiger partial charge in [0.15, 0.2) is 0 Å². The van der Waals surface area contributed by atoms with Gasteiger partial charge in [0.25, 0.3) is 0 Å². The van der Waals surface area contributed by atoms with E-state index in [4.69, 9.17) is 14.2 Å². The molecule has 9 nitrogen and oxygen atoms in total. The molecule has 2 atom stereocenters. The standard InChI is InChI=1S/C31H40N2O7/c1-31(2,3)40-30(37)33-25(20-27(34)39-24-17-11-6-12-18-24)28(35)32-26(19-22-13-7-4-8-14-22)29(36)38-21-23-15-9-5-10-16-23/h4-5,7-10,13-16,24-26H,6,11-12,17-21H2,1-3H3,(H,32,35)(H,33,37)/t25-,26-/m0/s1. The molecular formula is C31H40N2O7. The van der Waals surface area contributed by atoms with Gasteiger partial charge in [0.2, 0.25) is 5.91 Å². The lowest BCUT2D eigenvalue weighted by Gasteiger charge is -2.26. The zero-order valence-corrected chi connectivity index (χ0v) is 23.5. The van der Waals surface area contributed by atoms with Gasteiger partial charge in [-0.3, -0.25) is 9.59 Å². The number of alkyl carbamates (subject to hydrolysis) is 1. The highest BCUT2D eigenvalue weighted by atomic mass is 16.6. The van der Waals surface area contributed by atoms with Gasteiger partial charge in [0.05, 0.1) is 6.42 Å². The molecule has 0 heterocycles. The molecule has 0 aliphatic heterocycles. The minimum Gasteiger partial charge on any atom is -0.462 e. The smallest absolute Gasteiger partial charge is 0.408 e. The number of carbonyl (C=O) groups is 4. The summed E-state index contributed by atoms with van der Waals surface area (Å²) in [6, 6.07) is 16.0. The van der Waals surface area contributed by atoms with Gasteiger partial charge in [-0.2, -0.15) is 0 Å². The van der Waals surface area contributed by atoms with Gasteiger partial charge in [-0.05, 0) is 57.6 Å². The summed E-state index contributed by atoms with van der Waals surface area (Å²) < 4.78 is 16.4. The maximum Gasteiger partial charge on any atom is 0.408 e. The van der Waals surface area contributed by atoms with Crippen molar-refractivity contribution in [2.75, 3.05) is 0 Å². The third kappa shape index (κ3) is 11.1. The SMILES string of the molecule is CC(C)(C)OC(=O)N[C@@H](CC(=O)OC1CCCCC1)C(=O)N[C@@H](Cc1ccccc1)C(=O)OCc1ccccc1. The molecule has 1 saturated carbocycles. The third-order valence-electron chi connectivity index (χ3n) is 6.34. The fourth-order valence-electron chi connectivity index (χ4n) is 4.39. The lowest BCUT2D eigenvalue weighted by molar-refractivity contribution is -0.152. The number of esters is 2. The van der Waals surface area contributed by atoms with Gasteiger partial charge in [0.1, 0.15) is 30.4 Å². The Balaban J connectivity index is 1.73. The fraction of sp³-hybridized carbons (Fsp3) is 0.484. The van der Waals surface area contributed by atoms with Crippen LogP contribution >= 0.6 is 0 Å². The fourth-order valence-corrected chi connectivity index (χ4v) is 4.39. The minimum atomic E-state index is -1.31. The molecule has 40 heavy (non-hydrogen) atoms. The molecule has 2 aromatic carbocycles. The molecule has 0 unspecified atom stereocenters. The van der Waals surface area contributed by atoms with E-state index in [9.17, 15) is 19.2 Å². The highest BCUT2D eigenvalue weighted by Gasteiger charge is 2.32. The zero-order chi connectivity index (χ0) is 29.0. The Kier molecular flexibility index (Phi) is 11.5. The van der Waals surface area contributed by atoms with Gasteiger partial charge >= 0.3 is 18.0 Å². The molecule has 1 aliphatic rings. The van der Waals surface area contributed by atoms with E-state index < -0.39 is 48.0 Å². The first-order chi connectivity index (χ1) is 19.1. The van der Waals surface area contributed by atoms with E-state index in [-0.39, 0.29) is 19.1 Å². The van der Waals surface area contributed by atoms with Crippen LogP contribution in [0.2, 0.25) is 0 Å². The lowest BCUT2D eigenvalue weighted by atomic mass is 9.98. The van der Waals surface area contributed by atoms with E-state index in [1.807, 2.05) is 60.7 Å². The van der Waals surface area contributed by atoms with Crippen molar-refractivity contribution in [1.29, 1.82) is 0 Å². The Hall–Kier alpha value is -3.88.